The van der Waals surface area contributed by atoms with Crippen LogP contribution >= 0.6 is 15.9 Å². The van der Waals surface area contributed by atoms with Crippen molar-refractivity contribution in [2.45, 2.75) is 13.3 Å². The number of hydrogen-bond donors (Lipinski definition) is 1. The third-order valence-electron chi connectivity index (χ3n) is 4.24. The monoisotopic (exact) mass is 462 g/mol. The normalized spacial score (nSPS) is 11.6. The Kier molecular flexibility index (Phi) is 4.96. The number of aromatic amines is 1. The number of ether oxygens (including phenoxy) is 1. The van der Waals surface area contributed by atoms with Gasteiger partial charge < -0.3 is 14.1 Å². The summed E-state index contributed by atoms with van der Waals surface area (Å²) >= 11 is 3.41. The van der Waals surface area contributed by atoms with E-state index < -0.39 is 6.36 Å². The fourth-order valence-corrected chi connectivity index (χ4v) is 3.23. The number of H-pyrrole nitrogens is 1. The average molecular weight is 463 g/mol. The Morgan fingerprint density at radius 3 is 2.38 bits per heavy atom. The number of imidazole rings is 1. The highest BCUT2D eigenvalue weighted by Gasteiger charge is 2.32. The molecule has 0 fully saturated rings. The lowest BCUT2D eigenvalue weighted by molar-refractivity contribution is -0.274. The highest BCUT2D eigenvalue weighted by atomic mass is 79.9. The number of aryl methyl sites for hydroxylation is 1. The highest BCUT2D eigenvalue weighted by Crippen LogP contribution is 2.36. The first-order valence-corrected chi connectivity index (χ1v) is 9.37. The Morgan fingerprint density at radius 2 is 1.66 bits per heavy atom. The molecule has 0 spiro atoms. The number of hydrogen-bond acceptors (Lipinski definition) is 3. The van der Waals surface area contributed by atoms with Gasteiger partial charge in [-0.2, -0.15) is 0 Å². The number of nitrogens with one attached hydrogen (secondary N) is 1. The minimum absolute atomic E-state index is 0.201. The molecule has 0 amide bonds. The van der Waals surface area contributed by atoms with Gasteiger partial charge in [0.05, 0.1) is 17.0 Å². The molecule has 0 aliphatic rings. The molecule has 4 nitrogen and oxygen atoms in total. The number of furan rings is 1. The SMILES string of the molecule is Cc1nc(-c2ccc(-c3ccccc3OC(F)(F)F)o2)[nH]c1-c1ccc(Br)cc1. The summed E-state index contributed by atoms with van der Waals surface area (Å²) in [6.07, 6.45) is -4.79. The van der Waals surface area contributed by atoms with Crippen molar-refractivity contribution < 1.29 is 22.3 Å². The third kappa shape index (κ3) is 4.22. The summed E-state index contributed by atoms with van der Waals surface area (Å²) < 4.78 is 48.9. The number of rotatable bonds is 4. The highest BCUT2D eigenvalue weighted by molar-refractivity contribution is 9.10. The zero-order valence-electron chi connectivity index (χ0n) is 15.0. The first-order valence-electron chi connectivity index (χ1n) is 8.58. The Labute approximate surface area is 172 Å². The second kappa shape index (κ2) is 7.44. The summed E-state index contributed by atoms with van der Waals surface area (Å²) in [4.78, 5) is 7.72. The van der Waals surface area contributed by atoms with E-state index in [0.29, 0.717) is 11.6 Å². The molecule has 0 bridgehead atoms. The molecule has 0 atom stereocenters. The van der Waals surface area contributed by atoms with E-state index in [1.807, 2.05) is 31.2 Å². The van der Waals surface area contributed by atoms with E-state index in [0.717, 1.165) is 21.4 Å². The van der Waals surface area contributed by atoms with Gasteiger partial charge in [-0.05, 0) is 48.9 Å². The molecule has 4 aromatic rings. The molecule has 2 heterocycles. The van der Waals surface area contributed by atoms with E-state index >= 15 is 0 Å². The van der Waals surface area contributed by atoms with Gasteiger partial charge in [-0.3, -0.25) is 0 Å². The standard InChI is InChI=1S/C21H14BrF3N2O2/c1-12-19(13-6-8-14(22)9-7-13)27-20(26-12)18-11-10-16(28-18)15-4-2-3-5-17(15)29-21(23,24)25/h2-11H,1H3,(H,26,27). The maximum Gasteiger partial charge on any atom is 0.573 e. The first-order chi connectivity index (χ1) is 13.8. The van der Waals surface area contributed by atoms with E-state index in [-0.39, 0.29) is 17.1 Å². The van der Waals surface area contributed by atoms with Crippen molar-refractivity contribution in [2.24, 2.45) is 0 Å². The van der Waals surface area contributed by atoms with Crippen LogP contribution in [-0.4, -0.2) is 16.3 Å². The molecule has 0 radical (unpaired) electrons. The molecule has 0 saturated carbocycles. The predicted octanol–water partition coefficient (Wildman–Crippen LogP) is 6.97. The van der Waals surface area contributed by atoms with Crippen molar-refractivity contribution in [2.75, 3.05) is 0 Å². The number of aromatic nitrogens is 2. The fraction of sp³-hybridized carbons (Fsp3) is 0.0952. The van der Waals surface area contributed by atoms with Crippen LogP contribution in [0.1, 0.15) is 5.69 Å². The number of para-hydroxylation sites is 1. The Balaban J connectivity index is 1.68. The van der Waals surface area contributed by atoms with Crippen LogP contribution < -0.4 is 4.74 Å². The van der Waals surface area contributed by atoms with Crippen LogP contribution in [0.5, 0.6) is 5.75 Å². The maximum atomic E-state index is 12.7. The minimum atomic E-state index is -4.79. The smallest absolute Gasteiger partial charge is 0.453 e. The van der Waals surface area contributed by atoms with Crippen molar-refractivity contribution in [3.05, 3.63) is 70.8 Å². The lowest BCUT2D eigenvalue weighted by Crippen LogP contribution is -2.17. The van der Waals surface area contributed by atoms with E-state index in [4.69, 9.17) is 4.42 Å². The van der Waals surface area contributed by atoms with Crippen molar-refractivity contribution in [3.63, 3.8) is 0 Å². The van der Waals surface area contributed by atoms with Gasteiger partial charge in [0.2, 0.25) is 0 Å². The van der Waals surface area contributed by atoms with E-state index in [1.54, 1.807) is 18.2 Å². The van der Waals surface area contributed by atoms with E-state index in [9.17, 15) is 13.2 Å². The topological polar surface area (TPSA) is 51.1 Å². The Morgan fingerprint density at radius 1 is 0.966 bits per heavy atom. The Hall–Kier alpha value is -3.00. The molecule has 0 unspecified atom stereocenters. The zero-order valence-corrected chi connectivity index (χ0v) is 16.6. The van der Waals surface area contributed by atoms with Crippen LogP contribution in [0.25, 0.3) is 34.2 Å². The van der Waals surface area contributed by atoms with Gasteiger partial charge in [0, 0.05) is 4.47 Å². The summed E-state index contributed by atoms with van der Waals surface area (Å²) in [7, 11) is 0. The molecule has 1 N–H and O–H groups in total. The van der Waals surface area contributed by atoms with Crippen molar-refractivity contribution in [3.8, 4) is 39.9 Å². The van der Waals surface area contributed by atoms with Gasteiger partial charge in [0.25, 0.3) is 0 Å². The third-order valence-corrected chi connectivity index (χ3v) is 4.76. The molecular formula is C21H14BrF3N2O2. The lowest BCUT2D eigenvalue weighted by Gasteiger charge is -2.11. The van der Waals surface area contributed by atoms with Crippen LogP contribution in [0.3, 0.4) is 0 Å². The molecule has 0 aliphatic heterocycles. The van der Waals surface area contributed by atoms with Crippen LogP contribution in [0, 0.1) is 6.92 Å². The first kappa shape index (κ1) is 19.3. The summed E-state index contributed by atoms with van der Waals surface area (Å²) in [5, 5.41) is 0. The molecule has 2 aromatic heterocycles. The number of halogens is 4. The molecule has 148 valence electrons. The number of alkyl halides is 3. The minimum Gasteiger partial charge on any atom is -0.453 e. The maximum absolute atomic E-state index is 12.7. The van der Waals surface area contributed by atoms with Crippen LogP contribution in [0.4, 0.5) is 13.2 Å². The van der Waals surface area contributed by atoms with Crippen LogP contribution in [0.15, 0.2) is 69.6 Å². The molecule has 4 rings (SSSR count). The van der Waals surface area contributed by atoms with Gasteiger partial charge >= 0.3 is 6.36 Å². The van der Waals surface area contributed by atoms with E-state index in [1.165, 1.54) is 18.2 Å². The molecule has 2 aromatic carbocycles. The van der Waals surface area contributed by atoms with E-state index in [2.05, 4.69) is 30.6 Å². The summed E-state index contributed by atoms with van der Waals surface area (Å²) in [5.74, 6) is 0.820. The van der Waals surface area contributed by atoms with Gasteiger partial charge in [0.15, 0.2) is 11.6 Å². The summed E-state index contributed by atoms with van der Waals surface area (Å²) in [6.45, 7) is 1.87. The fourth-order valence-electron chi connectivity index (χ4n) is 2.97. The van der Waals surface area contributed by atoms with Gasteiger partial charge in [-0.1, -0.05) is 40.2 Å². The lowest BCUT2D eigenvalue weighted by atomic mass is 10.1. The van der Waals surface area contributed by atoms with Gasteiger partial charge in [-0.25, -0.2) is 4.98 Å². The van der Waals surface area contributed by atoms with Crippen LogP contribution in [0.2, 0.25) is 0 Å². The van der Waals surface area contributed by atoms with Gasteiger partial charge in [0.1, 0.15) is 11.5 Å². The summed E-state index contributed by atoms with van der Waals surface area (Å²) in [6, 6.07) is 16.8. The predicted molar refractivity (Wildman–Crippen MR) is 106 cm³/mol. The molecule has 29 heavy (non-hydrogen) atoms. The zero-order chi connectivity index (χ0) is 20.6. The largest absolute Gasteiger partial charge is 0.573 e. The van der Waals surface area contributed by atoms with Crippen LogP contribution in [-0.2, 0) is 0 Å². The number of nitrogens with zero attached hydrogens (tertiary/aromatic N) is 1. The second-order valence-corrected chi connectivity index (χ2v) is 7.18. The number of benzene rings is 2. The second-order valence-electron chi connectivity index (χ2n) is 6.26. The van der Waals surface area contributed by atoms with Crippen molar-refractivity contribution in [1.29, 1.82) is 0 Å². The molecular weight excluding hydrogens is 449 g/mol. The molecule has 0 saturated heterocycles. The summed E-state index contributed by atoms with van der Waals surface area (Å²) in [5.41, 5.74) is 2.78. The quantitative estimate of drug-likeness (QED) is 0.356. The molecule has 0 aliphatic carbocycles. The Bertz CT molecular complexity index is 1150. The van der Waals surface area contributed by atoms with Crippen molar-refractivity contribution in [1.82, 2.24) is 9.97 Å². The molecule has 8 heteroatoms. The average Bonchev–Trinajstić information content (AvgIpc) is 3.28. The van der Waals surface area contributed by atoms with Gasteiger partial charge in [-0.15, -0.1) is 13.2 Å². The van der Waals surface area contributed by atoms with Crippen molar-refractivity contribution >= 4 is 15.9 Å².